The van der Waals surface area contributed by atoms with Crippen LogP contribution in [0.3, 0.4) is 0 Å². The molecule has 1 heteroatoms. The van der Waals surface area contributed by atoms with Gasteiger partial charge in [0.2, 0.25) is 0 Å². The van der Waals surface area contributed by atoms with Crippen molar-refractivity contribution in [3.63, 3.8) is 0 Å². The highest BCUT2D eigenvalue weighted by atomic mass is 16.1. The van der Waals surface area contributed by atoms with Gasteiger partial charge in [-0.1, -0.05) is 59.7 Å². The van der Waals surface area contributed by atoms with E-state index < -0.39 is 0 Å². The Labute approximate surface area is 105 Å². The third kappa shape index (κ3) is 3.69. The Morgan fingerprint density at radius 3 is 1.82 bits per heavy atom. The number of hydrogen-bond donors (Lipinski definition) is 0. The van der Waals surface area contributed by atoms with E-state index in [2.05, 4.69) is 47.6 Å². The lowest BCUT2D eigenvalue weighted by Gasteiger charge is -2.41. The molecule has 0 amide bonds. The van der Waals surface area contributed by atoms with Gasteiger partial charge in [0, 0.05) is 0 Å². The van der Waals surface area contributed by atoms with Crippen LogP contribution in [0.4, 0.5) is 0 Å². The van der Waals surface area contributed by atoms with Gasteiger partial charge in [-0.3, -0.25) is 4.79 Å². The first-order chi connectivity index (χ1) is 7.62. The van der Waals surface area contributed by atoms with E-state index in [4.69, 9.17) is 0 Å². The first kappa shape index (κ1) is 14.0. The van der Waals surface area contributed by atoms with Crippen LogP contribution in [-0.4, -0.2) is 0 Å². The summed E-state index contributed by atoms with van der Waals surface area (Å²) in [4.78, 5) is 11.3. The fourth-order valence-electron chi connectivity index (χ4n) is 3.04. The second-order valence-electron chi connectivity index (χ2n) is 6.93. The monoisotopic (exact) mass is 232 g/mol. The predicted molar refractivity (Wildman–Crippen MR) is 74.4 cm³/mol. The van der Waals surface area contributed by atoms with Crippen LogP contribution in [0.1, 0.15) is 53.0 Å². The number of rotatable bonds is 1. The summed E-state index contributed by atoms with van der Waals surface area (Å²) in [5, 5.41) is 0. The second kappa shape index (κ2) is 4.64. The molecule has 0 bridgehead atoms. The van der Waals surface area contributed by atoms with Crippen molar-refractivity contribution in [2.75, 3.05) is 0 Å². The van der Waals surface area contributed by atoms with Gasteiger partial charge in [-0.25, -0.2) is 0 Å². The molecule has 0 saturated heterocycles. The summed E-state index contributed by atoms with van der Waals surface area (Å²) in [5.41, 5.74) is 1.66. The minimum absolute atomic E-state index is 0.0674. The average Bonchev–Trinajstić information content (AvgIpc) is 2.26. The molecule has 1 nitrogen and oxygen atoms in total. The maximum atomic E-state index is 11.3. The molecule has 0 spiro atoms. The third-order valence-corrected chi connectivity index (χ3v) is 3.05. The van der Waals surface area contributed by atoms with Crippen molar-refractivity contribution in [1.82, 2.24) is 0 Å². The van der Waals surface area contributed by atoms with Crippen LogP contribution in [0.2, 0.25) is 0 Å². The summed E-state index contributed by atoms with van der Waals surface area (Å²) in [6, 6.07) is 9.19. The van der Waals surface area contributed by atoms with Gasteiger partial charge in [0.15, 0.2) is 5.43 Å². The Bertz CT molecular complexity index is 418. The highest BCUT2D eigenvalue weighted by molar-refractivity contribution is 5.22. The molecule has 1 rings (SSSR count). The van der Waals surface area contributed by atoms with Crippen LogP contribution in [0, 0.1) is 10.8 Å². The molecule has 0 heterocycles. The van der Waals surface area contributed by atoms with Crippen molar-refractivity contribution in [2.45, 2.75) is 47.5 Å². The summed E-state index contributed by atoms with van der Waals surface area (Å²) >= 11 is 0. The van der Waals surface area contributed by atoms with Crippen molar-refractivity contribution < 1.29 is 0 Å². The SMILES string of the molecule is CC(C)(C)C(c1cccc(=O)cc1)C(C)(C)C. The largest absolute Gasteiger partial charge is 0.290 e. The molecular formula is C16H24O. The Morgan fingerprint density at radius 1 is 0.824 bits per heavy atom. The summed E-state index contributed by atoms with van der Waals surface area (Å²) in [7, 11) is 0. The third-order valence-electron chi connectivity index (χ3n) is 3.05. The van der Waals surface area contributed by atoms with E-state index in [-0.39, 0.29) is 16.3 Å². The molecule has 0 aliphatic rings. The van der Waals surface area contributed by atoms with E-state index in [1.807, 2.05) is 12.1 Å². The van der Waals surface area contributed by atoms with Gasteiger partial charge >= 0.3 is 0 Å². The smallest absolute Gasteiger partial charge is 0.178 e. The molecule has 0 aromatic heterocycles. The molecule has 0 atom stereocenters. The summed E-state index contributed by atoms with van der Waals surface area (Å²) in [6.07, 6.45) is 0. The first-order valence-electron chi connectivity index (χ1n) is 6.22. The maximum absolute atomic E-state index is 11.3. The molecule has 1 aromatic carbocycles. The van der Waals surface area contributed by atoms with Crippen molar-refractivity contribution in [3.05, 3.63) is 46.1 Å². The van der Waals surface area contributed by atoms with Crippen molar-refractivity contribution in [3.8, 4) is 0 Å². The minimum Gasteiger partial charge on any atom is -0.290 e. The molecule has 0 saturated carbocycles. The Kier molecular flexibility index (Phi) is 3.81. The normalized spacial score (nSPS) is 12.9. The van der Waals surface area contributed by atoms with Crippen molar-refractivity contribution in [2.24, 2.45) is 10.8 Å². The van der Waals surface area contributed by atoms with Gasteiger partial charge in [-0.2, -0.15) is 0 Å². The van der Waals surface area contributed by atoms with Gasteiger partial charge in [0.25, 0.3) is 0 Å². The fourth-order valence-corrected chi connectivity index (χ4v) is 3.04. The van der Waals surface area contributed by atoms with Crippen molar-refractivity contribution in [1.29, 1.82) is 0 Å². The maximum Gasteiger partial charge on any atom is 0.178 e. The quantitative estimate of drug-likeness (QED) is 0.708. The Morgan fingerprint density at radius 2 is 1.35 bits per heavy atom. The molecular weight excluding hydrogens is 208 g/mol. The van der Waals surface area contributed by atoms with Crippen molar-refractivity contribution >= 4 is 0 Å². The fraction of sp³-hybridized carbons (Fsp3) is 0.562. The Hall–Kier alpha value is -1.11. The first-order valence-corrected chi connectivity index (χ1v) is 6.22. The van der Waals surface area contributed by atoms with Gasteiger partial charge in [0.05, 0.1) is 0 Å². The summed E-state index contributed by atoms with van der Waals surface area (Å²) < 4.78 is 0. The molecule has 0 N–H and O–H groups in total. The van der Waals surface area contributed by atoms with E-state index in [1.54, 1.807) is 12.1 Å². The van der Waals surface area contributed by atoms with E-state index in [0.29, 0.717) is 5.92 Å². The molecule has 0 aliphatic heterocycles. The molecule has 94 valence electrons. The zero-order valence-electron chi connectivity index (χ0n) is 11.9. The summed E-state index contributed by atoms with van der Waals surface area (Å²) in [5.74, 6) is 0.418. The van der Waals surface area contributed by atoms with Crippen LogP contribution >= 0.6 is 0 Å². The van der Waals surface area contributed by atoms with E-state index >= 15 is 0 Å². The molecule has 0 radical (unpaired) electrons. The highest BCUT2D eigenvalue weighted by Gasteiger charge is 2.35. The minimum atomic E-state index is 0.0674. The van der Waals surface area contributed by atoms with Crippen LogP contribution in [0.25, 0.3) is 0 Å². The second-order valence-corrected chi connectivity index (χ2v) is 6.93. The van der Waals surface area contributed by atoms with Crippen LogP contribution in [-0.2, 0) is 0 Å². The van der Waals surface area contributed by atoms with Gasteiger partial charge in [-0.05, 0) is 34.4 Å². The van der Waals surface area contributed by atoms with Gasteiger partial charge in [0.1, 0.15) is 0 Å². The van der Waals surface area contributed by atoms with Gasteiger partial charge < -0.3 is 0 Å². The summed E-state index contributed by atoms with van der Waals surface area (Å²) in [6.45, 7) is 13.5. The van der Waals surface area contributed by atoms with E-state index in [9.17, 15) is 4.79 Å². The lowest BCUT2D eigenvalue weighted by molar-refractivity contribution is 0.176. The highest BCUT2D eigenvalue weighted by Crippen LogP contribution is 2.46. The zero-order valence-corrected chi connectivity index (χ0v) is 11.9. The lowest BCUT2D eigenvalue weighted by Crippen LogP contribution is -2.30. The molecule has 1 aromatic rings. The average molecular weight is 232 g/mol. The molecule has 0 aliphatic carbocycles. The lowest BCUT2D eigenvalue weighted by atomic mass is 9.64. The van der Waals surface area contributed by atoms with E-state index in [1.165, 1.54) is 5.56 Å². The zero-order chi connectivity index (χ0) is 13.3. The van der Waals surface area contributed by atoms with Gasteiger partial charge in [-0.15, -0.1) is 0 Å². The molecule has 0 unspecified atom stereocenters. The molecule has 17 heavy (non-hydrogen) atoms. The predicted octanol–water partition coefficient (Wildman–Crippen LogP) is 4.22. The van der Waals surface area contributed by atoms with E-state index in [0.717, 1.165) is 0 Å². The van der Waals surface area contributed by atoms with Crippen LogP contribution < -0.4 is 5.43 Å². The molecule has 0 fully saturated rings. The van der Waals surface area contributed by atoms with Crippen LogP contribution in [0.15, 0.2) is 35.1 Å². The number of hydrogen-bond acceptors (Lipinski definition) is 1. The standard InChI is InChI=1S/C16H24O/c1-15(2,3)14(16(4,5)6)12-8-7-9-13(17)11-10-12/h7-11,14H,1-6H3. The topological polar surface area (TPSA) is 17.1 Å². The Balaban J connectivity index is 3.34. The van der Waals surface area contributed by atoms with Crippen LogP contribution in [0.5, 0.6) is 0 Å².